The third kappa shape index (κ3) is 5.55. The molecule has 2 aromatic rings. The maximum Gasteiger partial charge on any atom is 0.338 e. The lowest BCUT2D eigenvalue weighted by Gasteiger charge is -2.26. The quantitative estimate of drug-likeness (QED) is 0.350. The first-order valence-corrected chi connectivity index (χ1v) is 11.6. The molecular weight excluding hydrogens is 473 g/mol. The summed E-state index contributed by atoms with van der Waals surface area (Å²) in [5.41, 5.74) is -0.521. The number of nitro benzene ring substituents is 1. The minimum absolute atomic E-state index is 0.0559. The lowest BCUT2D eigenvalue weighted by molar-refractivity contribution is -0.387. The number of esters is 1. The van der Waals surface area contributed by atoms with E-state index >= 15 is 0 Å². The average Bonchev–Trinajstić information content (AvgIpc) is 2.80. The van der Waals surface area contributed by atoms with Crippen molar-refractivity contribution in [1.29, 1.82) is 0 Å². The molecule has 1 aliphatic rings. The fourth-order valence-corrected chi connectivity index (χ4v) is 4.85. The molecule has 13 heteroatoms. The molecule has 1 atom stereocenters. The highest BCUT2D eigenvalue weighted by Gasteiger charge is 2.29. The lowest BCUT2D eigenvalue weighted by atomic mass is 10.1. The van der Waals surface area contributed by atoms with Crippen LogP contribution < -0.4 is 5.32 Å². The number of sulfonamides is 1. The first-order chi connectivity index (χ1) is 16.0. The summed E-state index contributed by atoms with van der Waals surface area (Å²) in [6.07, 6.45) is -1.34. The van der Waals surface area contributed by atoms with Crippen molar-refractivity contribution >= 4 is 33.3 Å². The number of rotatable bonds is 7. The van der Waals surface area contributed by atoms with Crippen molar-refractivity contribution in [3.63, 3.8) is 0 Å². The molecule has 0 radical (unpaired) electrons. The Kier molecular flexibility index (Phi) is 7.59. The third-order valence-electron chi connectivity index (χ3n) is 5.08. The van der Waals surface area contributed by atoms with E-state index in [-0.39, 0.29) is 42.4 Å². The van der Waals surface area contributed by atoms with Gasteiger partial charge in [-0.15, -0.1) is 0 Å². The second-order valence-corrected chi connectivity index (χ2v) is 9.36. The zero-order valence-corrected chi connectivity index (χ0v) is 19.1. The number of hydrogen-bond acceptors (Lipinski definition) is 8. The Bertz CT molecular complexity index is 1230. The van der Waals surface area contributed by atoms with Crippen molar-refractivity contribution < 1.29 is 36.8 Å². The summed E-state index contributed by atoms with van der Waals surface area (Å²) in [4.78, 5) is 34.8. The molecule has 11 nitrogen and oxygen atoms in total. The molecule has 0 aliphatic carbocycles. The van der Waals surface area contributed by atoms with E-state index in [1.807, 2.05) is 0 Å². The van der Waals surface area contributed by atoms with Crippen LogP contribution in [0.5, 0.6) is 0 Å². The maximum atomic E-state index is 13.5. The van der Waals surface area contributed by atoms with Crippen LogP contribution in [0, 0.1) is 22.9 Å². The molecule has 182 valence electrons. The molecule has 2 aromatic carbocycles. The van der Waals surface area contributed by atoms with Crippen molar-refractivity contribution in [1.82, 2.24) is 4.31 Å². The summed E-state index contributed by atoms with van der Waals surface area (Å²) < 4.78 is 51.0. The second-order valence-electron chi connectivity index (χ2n) is 7.46. The monoisotopic (exact) mass is 495 g/mol. The molecule has 1 heterocycles. The molecule has 1 aliphatic heterocycles. The van der Waals surface area contributed by atoms with Gasteiger partial charge in [-0.2, -0.15) is 8.70 Å². The topological polar surface area (TPSA) is 145 Å². The van der Waals surface area contributed by atoms with Crippen LogP contribution in [0.15, 0.2) is 41.3 Å². The van der Waals surface area contributed by atoms with Gasteiger partial charge >= 0.3 is 11.7 Å². The molecular formula is C21H22FN3O8S. The standard InChI is InChI=1S/C21H22FN3O8S/c1-13-3-4-15(11-19(13)34(30,31)24-7-9-32-10-8-24)21(27)33-14(2)20(26)23-16-5-6-17(22)18(12-16)25(28)29/h3-6,11-12,14H,7-10H2,1-2H3,(H,23,26). The normalized spacial score (nSPS) is 15.4. The minimum Gasteiger partial charge on any atom is -0.449 e. The molecule has 3 rings (SSSR count). The van der Waals surface area contributed by atoms with E-state index in [1.165, 1.54) is 29.4 Å². The largest absolute Gasteiger partial charge is 0.449 e. The van der Waals surface area contributed by atoms with Crippen LogP contribution in [0.3, 0.4) is 0 Å². The van der Waals surface area contributed by atoms with Gasteiger partial charge in [0, 0.05) is 24.8 Å². The number of nitrogens with zero attached hydrogens (tertiary/aromatic N) is 2. The predicted molar refractivity (Wildman–Crippen MR) is 117 cm³/mol. The Labute approximate surface area is 194 Å². The van der Waals surface area contributed by atoms with E-state index in [1.54, 1.807) is 6.92 Å². The highest BCUT2D eigenvalue weighted by atomic mass is 32.2. The Morgan fingerprint density at radius 3 is 2.53 bits per heavy atom. The molecule has 1 amide bonds. The Morgan fingerprint density at radius 2 is 1.88 bits per heavy atom. The third-order valence-corrected chi connectivity index (χ3v) is 7.12. The SMILES string of the molecule is Cc1ccc(C(=O)OC(C)C(=O)Nc2ccc(F)c([N+](=O)[O-])c2)cc1S(=O)(=O)N1CCOCC1. The van der Waals surface area contributed by atoms with Crippen LogP contribution in [0.4, 0.5) is 15.8 Å². The van der Waals surface area contributed by atoms with Crippen LogP contribution in [0.1, 0.15) is 22.8 Å². The van der Waals surface area contributed by atoms with Gasteiger partial charge in [0.1, 0.15) is 0 Å². The fraction of sp³-hybridized carbons (Fsp3) is 0.333. The highest BCUT2D eigenvalue weighted by Crippen LogP contribution is 2.24. The molecule has 1 unspecified atom stereocenters. The number of aryl methyl sites for hydroxylation is 1. The number of benzene rings is 2. The van der Waals surface area contributed by atoms with E-state index in [0.717, 1.165) is 18.2 Å². The molecule has 1 fully saturated rings. The summed E-state index contributed by atoms with van der Waals surface area (Å²) >= 11 is 0. The van der Waals surface area contributed by atoms with Gasteiger partial charge in [-0.05, 0) is 43.7 Å². The van der Waals surface area contributed by atoms with Gasteiger partial charge in [-0.25, -0.2) is 13.2 Å². The van der Waals surface area contributed by atoms with Crippen molar-refractivity contribution in [3.8, 4) is 0 Å². The summed E-state index contributed by atoms with van der Waals surface area (Å²) in [5, 5.41) is 13.2. The summed E-state index contributed by atoms with van der Waals surface area (Å²) in [7, 11) is -3.87. The molecule has 1 N–H and O–H groups in total. The number of carbonyl (C=O) groups is 2. The first-order valence-electron chi connectivity index (χ1n) is 10.1. The zero-order chi connectivity index (χ0) is 25.0. The van der Waals surface area contributed by atoms with Crippen LogP contribution >= 0.6 is 0 Å². The fourth-order valence-electron chi connectivity index (χ4n) is 3.19. The molecule has 1 saturated heterocycles. The van der Waals surface area contributed by atoms with Crippen LogP contribution in [0.2, 0.25) is 0 Å². The van der Waals surface area contributed by atoms with E-state index in [9.17, 15) is 32.5 Å². The number of carbonyl (C=O) groups excluding carboxylic acids is 2. The number of amides is 1. The number of anilines is 1. The van der Waals surface area contributed by atoms with Gasteiger partial charge in [0.15, 0.2) is 6.10 Å². The van der Waals surface area contributed by atoms with Gasteiger partial charge in [0.25, 0.3) is 5.91 Å². The number of nitro groups is 1. The van der Waals surface area contributed by atoms with Gasteiger partial charge in [-0.1, -0.05) is 6.07 Å². The van der Waals surface area contributed by atoms with Gasteiger partial charge < -0.3 is 14.8 Å². The number of morpholine rings is 1. The minimum atomic E-state index is -3.87. The number of hydrogen-bond donors (Lipinski definition) is 1. The van der Waals surface area contributed by atoms with Gasteiger partial charge in [0.2, 0.25) is 15.8 Å². The first kappa shape index (κ1) is 25.2. The predicted octanol–water partition coefficient (Wildman–Crippen LogP) is 2.25. The lowest BCUT2D eigenvalue weighted by Crippen LogP contribution is -2.40. The number of ether oxygens (including phenoxy) is 2. The second kappa shape index (κ2) is 10.2. The maximum absolute atomic E-state index is 13.5. The molecule has 0 saturated carbocycles. The Morgan fingerprint density at radius 1 is 1.21 bits per heavy atom. The summed E-state index contributed by atoms with van der Waals surface area (Å²) in [5.74, 6) is -2.82. The van der Waals surface area contributed by atoms with E-state index in [4.69, 9.17) is 9.47 Å². The van der Waals surface area contributed by atoms with Crippen molar-refractivity contribution in [3.05, 3.63) is 63.5 Å². The molecule has 0 spiro atoms. The van der Waals surface area contributed by atoms with Crippen LogP contribution in [-0.4, -0.2) is 61.9 Å². The van der Waals surface area contributed by atoms with Crippen LogP contribution in [-0.2, 0) is 24.3 Å². The summed E-state index contributed by atoms with van der Waals surface area (Å²) in [6, 6.07) is 6.82. The smallest absolute Gasteiger partial charge is 0.338 e. The van der Waals surface area contributed by atoms with Crippen molar-refractivity contribution in [2.75, 3.05) is 31.6 Å². The van der Waals surface area contributed by atoms with Crippen molar-refractivity contribution in [2.45, 2.75) is 24.8 Å². The number of nitrogens with one attached hydrogen (secondary N) is 1. The zero-order valence-electron chi connectivity index (χ0n) is 18.3. The molecule has 34 heavy (non-hydrogen) atoms. The summed E-state index contributed by atoms with van der Waals surface area (Å²) in [6.45, 7) is 3.78. The Balaban J connectivity index is 1.73. The average molecular weight is 495 g/mol. The van der Waals surface area contributed by atoms with Crippen LogP contribution in [0.25, 0.3) is 0 Å². The molecule has 0 bridgehead atoms. The highest BCUT2D eigenvalue weighted by molar-refractivity contribution is 7.89. The van der Waals surface area contributed by atoms with E-state index in [2.05, 4.69) is 5.32 Å². The van der Waals surface area contributed by atoms with Gasteiger partial charge in [0.05, 0.1) is 28.6 Å². The van der Waals surface area contributed by atoms with E-state index < -0.39 is 44.4 Å². The molecule has 0 aromatic heterocycles. The van der Waals surface area contributed by atoms with Gasteiger partial charge in [-0.3, -0.25) is 14.9 Å². The van der Waals surface area contributed by atoms with Crippen molar-refractivity contribution in [2.24, 2.45) is 0 Å². The number of halogens is 1. The Hall–Kier alpha value is -3.42. The van der Waals surface area contributed by atoms with E-state index in [0.29, 0.717) is 5.56 Å².